The fraction of sp³-hybridized carbons (Fsp3) is 0.267. The number of aliphatic hydroxyl groups is 1. The monoisotopic (exact) mass is 562 g/mol. The van der Waals surface area contributed by atoms with Crippen molar-refractivity contribution < 1.29 is 19.4 Å². The van der Waals surface area contributed by atoms with E-state index >= 15 is 0 Å². The second-order valence-electron chi connectivity index (χ2n) is 9.46. The molecule has 0 unspecified atom stereocenters. The molecule has 1 amide bonds. The summed E-state index contributed by atoms with van der Waals surface area (Å²) in [6.45, 7) is 3.46. The molecule has 192 valence electrons. The Kier molecular flexibility index (Phi) is 8.46. The van der Waals surface area contributed by atoms with Gasteiger partial charge >= 0.3 is 0 Å². The van der Waals surface area contributed by atoms with Gasteiger partial charge < -0.3 is 19.6 Å². The van der Waals surface area contributed by atoms with Gasteiger partial charge in [-0.3, -0.25) is 9.59 Å². The molecule has 1 saturated heterocycles. The van der Waals surface area contributed by atoms with Crippen molar-refractivity contribution in [3.63, 3.8) is 0 Å². The first-order chi connectivity index (χ1) is 17.8. The fourth-order valence-electron chi connectivity index (χ4n) is 4.57. The molecule has 3 aromatic rings. The lowest BCUT2D eigenvalue weighted by Crippen LogP contribution is -2.32. The number of likely N-dealkylation sites (tertiary alicyclic amines) is 1. The Morgan fingerprint density at radius 2 is 1.78 bits per heavy atom. The number of hydrogen-bond donors (Lipinski definition) is 1. The van der Waals surface area contributed by atoms with E-state index in [0.29, 0.717) is 30.9 Å². The second-order valence-corrected chi connectivity index (χ2v) is 10.4. The van der Waals surface area contributed by atoms with Gasteiger partial charge in [-0.05, 0) is 81.0 Å². The van der Waals surface area contributed by atoms with Gasteiger partial charge in [-0.25, -0.2) is 0 Å². The maximum Gasteiger partial charge on any atom is 0.295 e. The van der Waals surface area contributed by atoms with Crippen LogP contribution in [-0.4, -0.2) is 53.8 Å². The molecule has 3 aromatic carbocycles. The van der Waals surface area contributed by atoms with Gasteiger partial charge in [0.05, 0.1) is 11.6 Å². The Hall–Kier alpha value is -3.42. The Labute approximate surface area is 226 Å². The molecule has 0 saturated carbocycles. The van der Waals surface area contributed by atoms with Crippen LogP contribution in [0.4, 0.5) is 0 Å². The summed E-state index contributed by atoms with van der Waals surface area (Å²) in [5.74, 6) is -0.780. The van der Waals surface area contributed by atoms with Crippen molar-refractivity contribution in [3.8, 4) is 5.75 Å². The minimum atomic E-state index is -0.673. The van der Waals surface area contributed by atoms with E-state index in [-0.39, 0.29) is 11.3 Å². The van der Waals surface area contributed by atoms with E-state index in [1.807, 2.05) is 86.6 Å². The van der Waals surface area contributed by atoms with E-state index in [1.165, 1.54) is 0 Å². The van der Waals surface area contributed by atoms with E-state index in [0.717, 1.165) is 27.7 Å². The zero-order chi connectivity index (χ0) is 26.5. The van der Waals surface area contributed by atoms with Crippen molar-refractivity contribution in [2.75, 3.05) is 27.2 Å². The van der Waals surface area contributed by atoms with Crippen LogP contribution in [-0.2, 0) is 16.2 Å². The molecule has 7 heteroatoms. The number of nitrogens with zero attached hydrogens (tertiary/aromatic N) is 2. The summed E-state index contributed by atoms with van der Waals surface area (Å²) in [6, 6.07) is 22.0. The number of hydrogen-bond acceptors (Lipinski definition) is 5. The number of halogens is 1. The Morgan fingerprint density at radius 1 is 1.03 bits per heavy atom. The minimum absolute atomic E-state index is 0.106. The lowest BCUT2D eigenvalue weighted by Gasteiger charge is -2.26. The molecule has 1 heterocycles. The van der Waals surface area contributed by atoms with E-state index in [2.05, 4.69) is 15.9 Å². The van der Waals surface area contributed by atoms with Gasteiger partial charge in [-0.15, -0.1) is 0 Å². The van der Waals surface area contributed by atoms with E-state index in [9.17, 15) is 14.7 Å². The molecule has 0 spiro atoms. The van der Waals surface area contributed by atoms with E-state index in [1.54, 1.807) is 17.0 Å². The fourth-order valence-corrected chi connectivity index (χ4v) is 4.99. The average Bonchev–Trinajstić information content (AvgIpc) is 3.13. The summed E-state index contributed by atoms with van der Waals surface area (Å²) in [4.78, 5) is 30.0. The molecular formula is C30H31BrN2O4. The van der Waals surface area contributed by atoms with Gasteiger partial charge in [-0.1, -0.05) is 58.4 Å². The van der Waals surface area contributed by atoms with Crippen LogP contribution >= 0.6 is 15.9 Å². The van der Waals surface area contributed by atoms with Gasteiger partial charge in [0.1, 0.15) is 18.1 Å². The number of amides is 1. The third-order valence-corrected chi connectivity index (χ3v) is 6.90. The number of ketones is 1. The standard InChI is InChI=1S/C30H31BrN2O4/c1-20-17-24(37-19-21-9-5-4-6-10-21)13-14-25(20)28(34)26-27(22-11-7-12-23(31)18-22)33(30(36)29(26)35)16-8-15-32(2)3/h4-7,9-14,17-18,27,34H,8,15-16,19H2,1-3H3/b28-26+/t27-/m1/s1. The zero-order valence-corrected chi connectivity index (χ0v) is 22.9. The van der Waals surface area contributed by atoms with E-state index in [4.69, 9.17) is 4.74 Å². The summed E-state index contributed by atoms with van der Waals surface area (Å²) in [7, 11) is 3.94. The zero-order valence-electron chi connectivity index (χ0n) is 21.3. The third-order valence-electron chi connectivity index (χ3n) is 6.41. The third kappa shape index (κ3) is 6.12. The first-order valence-electron chi connectivity index (χ1n) is 12.2. The van der Waals surface area contributed by atoms with Crippen molar-refractivity contribution in [2.24, 2.45) is 0 Å². The molecular weight excluding hydrogens is 532 g/mol. The predicted molar refractivity (Wildman–Crippen MR) is 148 cm³/mol. The Balaban J connectivity index is 1.68. The number of benzene rings is 3. The topological polar surface area (TPSA) is 70.1 Å². The molecule has 0 bridgehead atoms. The van der Waals surface area contributed by atoms with Crippen LogP contribution in [0.3, 0.4) is 0 Å². The molecule has 0 aromatic heterocycles. The number of aryl methyl sites for hydroxylation is 1. The van der Waals surface area contributed by atoms with Gasteiger partial charge in [0.25, 0.3) is 11.7 Å². The first kappa shape index (κ1) is 26.6. The van der Waals surface area contributed by atoms with Crippen LogP contribution in [0.5, 0.6) is 5.75 Å². The molecule has 4 rings (SSSR count). The highest BCUT2D eigenvalue weighted by atomic mass is 79.9. The Morgan fingerprint density at radius 3 is 2.46 bits per heavy atom. The molecule has 1 aliphatic rings. The van der Waals surface area contributed by atoms with E-state index < -0.39 is 17.7 Å². The van der Waals surface area contributed by atoms with Crippen LogP contribution in [0.2, 0.25) is 0 Å². The van der Waals surface area contributed by atoms with Gasteiger partial charge in [0, 0.05) is 16.6 Å². The number of aliphatic hydroxyl groups excluding tert-OH is 1. The first-order valence-corrected chi connectivity index (χ1v) is 13.0. The van der Waals surface area contributed by atoms with Gasteiger partial charge in [0.15, 0.2) is 0 Å². The molecule has 6 nitrogen and oxygen atoms in total. The van der Waals surface area contributed by atoms with Crippen molar-refractivity contribution >= 4 is 33.4 Å². The average molecular weight is 563 g/mol. The highest BCUT2D eigenvalue weighted by Crippen LogP contribution is 2.40. The van der Waals surface area contributed by atoms with Crippen molar-refractivity contribution in [1.29, 1.82) is 0 Å². The molecule has 0 aliphatic carbocycles. The normalized spacial score (nSPS) is 17.0. The molecule has 1 fully saturated rings. The van der Waals surface area contributed by atoms with Crippen LogP contribution < -0.4 is 4.74 Å². The van der Waals surface area contributed by atoms with Gasteiger partial charge in [-0.2, -0.15) is 0 Å². The molecule has 1 N–H and O–H groups in total. The lowest BCUT2D eigenvalue weighted by molar-refractivity contribution is -0.139. The van der Waals surface area contributed by atoms with Crippen molar-refractivity contribution in [1.82, 2.24) is 9.80 Å². The van der Waals surface area contributed by atoms with Crippen molar-refractivity contribution in [3.05, 3.63) is 105 Å². The summed E-state index contributed by atoms with van der Waals surface area (Å²) in [5.41, 5.74) is 3.16. The van der Waals surface area contributed by atoms with Crippen LogP contribution in [0.15, 0.2) is 82.8 Å². The SMILES string of the molecule is Cc1cc(OCc2ccccc2)ccc1/C(O)=C1\C(=O)C(=O)N(CCCN(C)C)[C@@H]1c1cccc(Br)c1. The molecule has 0 radical (unpaired) electrons. The second kappa shape index (κ2) is 11.8. The summed E-state index contributed by atoms with van der Waals surface area (Å²) < 4.78 is 6.75. The Bertz CT molecular complexity index is 1320. The van der Waals surface area contributed by atoms with Crippen molar-refractivity contribution in [2.45, 2.75) is 26.0 Å². The quantitative estimate of drug-likeness (QED) is 0.205. The molecule has 37 heavy (non-hydrogen) atoms. The largest absolute Gasteiger partial charge is 0.507 e. The van der Waals surface area contributed by atoms with Gasteiger partial charge in [0.2, 0.25) is 0 Å². The summed E-state index contributed by atoms with van der Waals surface area (Å²) in [6.07, 6.45) is 0.705. The summed E-state index contributed by atoms with van der Waals surface area (Å²) in [5, 5.41) is 11.4. The number of rotatable bonds is 9. The number of Topliss-reactive ketones (excluding diaryl/α,β-unsaturated/α-hetero) is 1. The maximum absolute atomic E-state index is 13.3. The highest BCUT2D eigenvalue weighted by Gasteiger charge is 2.46. The number of carbonyl (C=O) groups excluding carboxylic acids is 2. The smallest absolute Gasteiger partial charge is 0.295 e. The predicted octanol–water partition coefficient (Wildman–Crippen LogP) is 5.71. The molecule has 1 aliphatic heterocycles. The van der Waals surface area contributed by atoms with Crippen LogP contribution in [0, 0.1) is 6.92 Å². The highest BCUT2D eigenvalue weighted by molar-refractivity contribution is 9.10. The summed E-state index contributed by atoms with van der Waals surface area (Å²) >= 11 is 3.50. The lowest BCUT2D eigenvalue weighted by atomic mass is 9.94. The minimum Gasteiger partial charge on any atom is -0.507 e. The van der Waals surface area contributed by atoms with Crippen LogP contribution in [0.1, 0.15) is 34.7 Å². The number of carbonyl (C=O) groups is 2. The number of ether oxygens (including phenoxy) is 1. The molecule has 1 atom stereocenters. The van der Waals surface area contributed by atoms with Crippen LogP contribution in [0.25, 0.3) is 5.76 Å². The maximum atomic E-state index is 13.3.